The second-order valence-electron chi connectivity index (χ2n) is 7.93. The van der Waals surface area contributed by atoms with E-state index < -0.39 is 47.7 Å². The van der Waals surface area contributed by atoms with Crippen molar-refractivity contribution in [2.75, 3.05) is 13.2 Å². The molecule has 1 aliphatic carbocycles. The maximum Gasteiger partial charge on any atom is 0.320 e. The lowest BCUT2D eigenvalue weighted by atomic mass is 9.79. The molecule has 1 fully saturated rings. The molecule has 0 radical (unpaired) electrons. The predicted octanol–water partition coefficient (Wildman–Crippen LogP) is 3.21. The van der Waals surface area contributed by atoms with Gasteiger partial charge in [-0.05, 0) is 44.6 Å². The fraction of sp³-hybridized carbons (Fsp3) is 0.708. The van der Waals surface area contributed by atoms with E-state index in [1.54, 1.807) is 26.0 Å². The normalized spacial score (nSPS) is 21.5. The Kier molecular flexibility index (Phi) is 12.5. The number of hydrogen-bond donors (Lipinski definition) is 0. The highest BCUT2D eigenvalue weighted by molar-refractivity contribution is 5.97. The number of carbonyl (C=O) groups excluding carboxylic acids is 5. The average molecular weight is 453 g/mol. The van der Waals surface area contributed by atoms with Crippen LogP contribution in [0, 0.1) is 23.7 Å². The predicted molar refractivity (Wildman–Crippen MR) is 116 cm³/mol. The van der Waals surface area contributed by atoms with Crippen molar-refractivity contribution < 1.29 is 38.2 Å². The number of ether oxygens (including phenoxy) is 3. The van der Waals surface area contributed by atoms with Crippen LogP contribution >= 0.6 is 0 Å². The molecule has 0 saturated heterocycles. The Labute approximate surface area is 190 Å². The van der Waals surface area contributed by atoms with Gasteiger partial charge in [0, 0.05) is 25.7 Å². The monoisotopic (exact) mass is 452 g/mol. The Morgan fingerprint density at radius 1 is 1.06 bits per heavy atom. The standard InChI is InChI=1S/C24H36O8/c1-5-8-9-10-17(32-16(4)26)11-12-18-19(13-14-25)21(27)15-20(18)22(23(28)30-6-2)24(29)31-7-3/h11-12,14,17-20,22H,5-10,13,15H2,1-4H3/b12-11+/t17-,18+,19+,20-/m0/s1. The summed E-state index contributed by atoms with van der Waals surface area (Å²) >= 11 is 0. The minimum absolute atomic E-state index is 0.0171. The first kappa shape index (κ1) is 27.5. The zero-order chi connectivity index (χ0) is 24.1. The molecular weight excluding hydrogens is 416 g/mol. The highest BCUT2D eigenvalue weighted by Gasteiger charge is 2.50. The van der Waals surface area contributed by atoms with Crippen molar-refractivity contribution in [3.63, 3.8) is 0 Å². The molecule has 0 aromatic rings. The smallest absolute Gasteiger partial charge is 0.320 e. The van der Waals surface area contributed by atoms with E-state index in [1.807, 2.05) is 0 Å². The van der Waals surface area contributed by atoms with Crippen molar-refractivity contribution in [3.8, 4) is 0 Å². The number of Topliss-reactive ketones (excluding diaryl/α,β-unsaturated/α-hetero) is 1. The molecule has 180 valence electrons. The number of hydrogen-bond acceptors (Lipinski definition) is 8. The number of rotatable bonds is 14. The Morgan fingerprint density at radius 2 is 1.69 bits per heavy atom. The van der Waals surface area contributed by atoms with Crippen molar-refractivity contribution in [2.45, 2.75) is 72.3 Å². The van der Waals surface area contributed by atoms with E-state index in [0.29, 0.717) is 12.7 Å². The molecular formula is C24H36O8. The number of esters is 3. The largest absolute Gasteiger partial charge is 0.465 e. The molecule has 1 aliphatic rings. The minimum atomic E-state index is -1.27. The molecule has 0 spiro atoms. The zero-order valence-electron chi connectivity index (χ0n) is 19.5. The van der Waals surface area contributed by atoms with E-state index in [2.05, 4.69) is 6.92 Å². The number of allylic oxidation sites excluding steroid dienone is 1. The SMILES string of the molecule is CCCCC[C@@H](/C=C/[C@H]1[C@@H](C(C(=O)OCC)C(=O)OCC)CC(=O)[C@@H]1CC=O)OC(C)=O. The molecule has 0 amide bonds. The molecule has 1 rings (SSSR count). The molecule has 32 heavy (non-hydrogen) atoms. The maximum absolute atomic E-state index is 12.7. The van der Waals surface area contributed by atoms with Gasteiger partial charge in [0.25, 0.3) is 0 Å². The third kappa shape index (κ3) is 8.20. The van der Waals surface area contributed by atoms with Gasteiger partial charge in [-0.2, -0.15) is 0 Å². The number of ketones is 1. The lowest BCUT2D eigenvalue weighted by molar-refractivity contribution is -0.165. The fourth-order valence-electron chi connectivity index (χ4n) is 4.21. The molecule has 0 bridgehead atoms. The molecule has 0 heterocycles. The van der Waals surface area contributed by atoms with Crippen LogP contribution in [0.4, 0.5) is 0 Å². The van der Waals surface area contributed by atoms with Crippen LogP contribution in [0.2, 0.25) is 0 Å². The van der Waals surface area contributed by atoms with E-state index in [0.717, 1.165) is 19.3 Å². The Morgan fingerprint density at radius 3 is 2.19 bits per heavy atom. The van der Waals surface area contributed by atoms with E-state index in [1.165, 1.54) is 6.92 Å². The van der Waals surface area contributed by atoms with Crippen LogP contribution in [0.3, 0.4) is 0 Å². The molecule has 8 heteroatoms. The summed E-state index contributed by atoms with van der Waals surface area (Å²) in [5.74, 6) is -5.28. The lowest BCUT2D eigenvalue weighted by Gasteiger charge is -2.26. The highest BCUT2D eigenvalue weighted by atomic mass is 16.6. The van der Waals surface area contributed by atoms with Crippen molar-refractivity contribution in [1.82, 2.24) is 0 Å². The van der Waals surface area contributed by atoms with Gasteiger partial charge in [0.1, 0.15) is 18.2 Å². The quantitative estimate of drug-likeness (QED) is 0.0986. The number of unbranched alkanes of at least 4 members (excludes halogenated alkanes) is 2. The molecule has 8 nitrogen and oxygen atoms in total. The van der Waals surface area contributed by atoms with Crippen molar-refractivity contribution in [3.05, 3.63) is 12.2 Å². The van der Waals surface area contributed by atoms with Gasteiger partial charge in [-0.25, -0.2) is 0 Å². The van der Waals surface area contributed by atoms with E-state index >= 15 is 0 Å². The highest BCUT2D eigenvalue weighted by Crippen LogP contribution is 2.42. The third-order valence-electron chi connectivity index (χ3n) is 5.63. The summed E-state index contributed by atoms with van der Waals surface area (Å²) in [6.07, 6.45) is 7.02. The van der Waals surface area contributed by atoms with Crippen LogP contribution < -0.4 is 0 Å². The summed E-state index contributed by atoms with van der Waals surface area (Å²) < 4.78 is 15.6. The lowest BCUT2D eigenvalue weighted by Crippen LogP contribution is -2.36. The number of carbonyl (C=O) groups is 5. The summed E-state index contributed by atoms with van der Waals surface area (Å²) in [6, 6.07) is 0. The van der Waals surface area contributed by atoms with Crippen molar-refractivity contribution in [1.29, 1.82) is 0 Å². The second kappa shape index (κ2) is 14.5. The van der Waals surface area contributed by atoms with E-state index in [9.17, 15) is 24.0 Å². The van der Waals surface area contributed by atoms with Gasteiger partial charge >= 0.3 is 17.9 Å². The van der Waals surface area contributed by atoms with Crippen molar-refractivity contribution in [2.24, 2.45) is 23.7 Å². The van der Waals surface area contributed by atoms with Gasteiger partial charge in [0.05, 0.1) is 13.2 Å². The van der Waals surface area contributed by atoms with Gasteiger partial charge in [0.15, 0.2) is 5.92 Å². The van der Waals surface area contributed by atoms with Crippen LogP contribution in [0.1, 0.15) is 66.2 Å². The fourth-order valence-corrected chi connectivity index (χ4v) is 4.21. The first-order valence-electron chi connectivity index (χ1n) is 11.5. The van der Waals surface area contributed by atoms with Crippen LogP contribution in [0.15, 0.2) is 12.2 Å². The Balaban J connectivity index is 3.26. The van der Waals surface area contributed by atoms with Gasteiger partial charge in [0.2, 0.25) is 0 Å². The molecule has 4 atom stereocenters. The molecule has 0 N–H and O–H groups in total. The van der Waals surface area contributed by atoms with Crippen molar-refractivity contribution >= 4 is 30.0 Å². The summed E-state index contributed by atoms with van der Waals surface area (Å²) in [5, 5.41) is 0. The van der Waals surface area contributed by atoms with Crippen LogP contribution in [-0.4, -0.2) is 49.3 Å². The van der Waals surface area contributed by atoms with Crippen LogP contribution in [0.5, 0.6) is 0 Å². The van der Waals surface area contributed by atoms with Crippen LogP contribution in [-0.2, 0) is 38.2 Å². The van der Waals surface area contributed by atoms with Gasteiger partial charge in [-0.3, -0.25) is 19.2 Å². The summed E-state index contributed by atoms with van der Waals surface area (Å²) in [7, 11) is 0. The van der Waals surface area contributed by atoms with Crippen LogP contribution in [0.25, 0.3) is 0 Å². The third-order valence-corrected chi connectivity index (χ3v) is 5.63. The number of aldehydes is 1. The summed E-state index contributed by atoms with van der Waals surface area (Å²) in [4.78, 5) is 60.7. The Hall–Kier alpha value is -2.51. The zero-order valence-corrected chi connectivity index (χ0v) is 19.5. The summed E-state index contributed by atoms with van der Waals surface area (Å²) in [6.45, 7) is 6.83. The second-order valence-corrected chi connectivity index (χ2v) is 7.93. The molecule has 1 saturated carbocycles. The van der Waals surface area contributed by atoms with Gasteiger partial charge in [-0.15, -0.1) is 0 Å². The Bertz CT molecular complexity index is 665. The minimum Gasteiger partial charge on any atom is -0.465 e. The molecule has 0 aliphatic heterocycles. The summed E-state index contributed by atoms with van der Waals surface area (Å²) in [5.41, 5.74) is 0. The van der Waals surface area contributed by atoms with E-state index in [4.69, 9.17) is 14.2 Å². The molecule has 0 aromatic carbocycles. The topological polar surface area (TPSA) is 113 Å². The van der Waals surface area contributed by atoms with Gasteiger partial charge < -0.3 is 19.0 Å². The molecule has 0 unspecified atom stereocenters. The molecule has 0 aromatic heterocycles. The van der Waals surface area contributed by atoms with Gasteiger partial charge in [-0.1, -0.05) is 25.8 Å². The average Bonchev–Trinajstić information content (AvgIpc) is 3.01. The maximum atomic E-state index is 12.7. The first-order valence-corrected chi connectivity index (χ1v) is 11.5. The van der Waals surface area contributed by atoms with E-state index in [-0.39, 0.29) is 31.8 Å². The first-order chi connectivity index (χ1) is 15.3.